The van der Waals surface area contributed by atoms with Crippen molar-refractivity contribution in [3.8, 4) is 17.3 Å². The summed E-state index contributed by atoms with van der Waals surface area (Å²) in [5, 5.41) is 16.4. The van der Waals surface area contributed by atoms with Crippen LogP contribution < -0.4 is 5.32 Å². The fraction of sp³-hybridized carbons (Fsp3) is 0.333. The zero-order valence-electron chi connectivity index (χ0n) is 16.3. The molecule has 0 spiro atoms. The number of carbonyl (C=O) groups is 1. The number of pyridine rings is 1. The number of nitrogens with zero attached hydrogens (tertiary/aromatic N) is 6. The Kier molecular flexibility index (Phi) is 5.04. The second-order valence-corrected chi connectivity index (χ2v) is 7.38. The summed E-state index contributed by atoms with van der Waals surface area (Å²) in [6.07, 6.45) is 9.63. The highest BCUT2D eigenvalue weighted by Gasteiger charge is 2.24. The maximum Gasteiger partial charge on any atom is 0.227 e. The second-order valence-electron chi connectivity index (χ2n) is 7.38. The third kappa shape index (κ3) is 4.29. The van der Waals surface area contributed by atoms with Gasteiger partial charge in [-0.1, -0.05) is 0 Å². The first-order valence-electron chi connectivity index (χ1n) is 9.57. The molecule has 1 aliphatic carbocycles. The number of hydrogen-bond acceptors (Lipinski definition) is 7. The number of Topliss-reactive ketones (excluding diaryl/α,β-unsaturated/α-hetero) is 1. The van der Waals surface area contributed by atoms with Gasteiger partial charge in [-0.05, 0) is 44.4 Å². The van der Waals surface area contributed by atoms with Crippen LogP contribution in [0.5, 0.6) is 0 Å². The van der Waals surface area contributed by atoms with Crippen LogP contribution in [0, 0.1) is 24.2 Å². The standard InChI is InChI=1S/C21H21N7O/c1-13(8-22)7-19(29)18-6-3-15(10-23-18)20-14(2)9-24-21(27-20)26-16-11-25-28(12-16)17-4-5-17/h3,6,9-13,17H,4-5,7H2,1-2H3,(H,24,26,27)/t13-/m1/s1. The van der Waals surface area contributed by atoms with Gasteiger partial charge < -0.3 is 5.32 Å². The van der Waals surface area contributed by atoms with Crippen LogP contribution in [0.25, 0.3) is 11.3 Å². The monoisotopic (exact) mass is 387 g/mol. The fourth-order valence-corrected chi connectivity index (χ4v) is 2.99. The summed E-state index contributed by atoms with van der Waals surface area (Å²) in [5.41, 5.74) is 3.65. The van der Waals surface area contributed by atoms with Crippen LogP contribution >= 0.6 is 0 Å². The minimum absolute atomic E-state index is 0.139. The van der Waals surface area contributed by atoms with E-state index < -0.39 is 0 Å². The number of aromatic nitrogens is 5. The van der Waals surface area contributed by atoms with E-state index in [-0.39, 0.29) is 18.1 Å². The molecule has 1 atom stereocenters. The molecule has 1 saturated carbocycles. The molecule has 1 fully saturated rings. The molecule has 8 nitrogen and oxygen atoms in total. The quantitative estimate of drug-likeness (QED) is 0.613. The van der Waals surface area contributed by atoms with Crippen LogP contribution in [0.4, 0.5) is 11.6 Å². The molecule has 4 rings (SSSR count). The predicted octanol–water partition coefficient (Wildman–Crippen LogP) is 3.85. The molecular weight excluding hydrogens is 366 g/mol. The zero-order chi connectivity index (χ0) is 20.4. The van der Waals surface area contributed by atoms with Gasteiger partial charge in [0.05, 0.1) is 35.6 Å². The predicted molar refractivity (Wildman–Crippen MR) is 108 cm³/mol. The smallest absolute Gasteiger partial charge is 0.227 e. The molecule has 1 N–H and O–H groups in total. The Balaban J connectivity index is 1.52. The third-order valence-corrected chi connectivity index (χ3v) is 4.78. The summed E-state index contributed by atoms with van der Waals surface area (Å²) in [6, 6.07) is 6.08. The van der Waals surface area contributed by atoms with E-state index in [1.165, 1.54) is 12.8 Å². The minimum Gasteiger partial charge on any atom is -0.321 e. The minimum atomic E-state index is -0.328. The van der Waals surface area contributed by atoms with Gasteiger partial charge in [0.1, 0.15) is 5.69 Å². The number of ketones is 1. The maximum absolute atomic E-state index is 12.2. The Morgan fingerprint density at radius 1 is 1.31 bits per heavy atom. The lowest BCUT2D eigenvalue weighted by molar-refractivity contribution is 0.0968. The van der Waals surface area contributed by atoms with Gasteiger partial charge >= 0.3 is 0 Å². The average Bonchev–Trinajstić information content (AvgIpc) is 3.48. The summed E-state index contributed by atoms with van der Waals surface area (Å²) in [5.74, 6) is 0.00923. The van der Waals surface area contributed by atoms with Gasteiger partial charge in [-0.3, -0.25) is 14.5 Å². The molecule has 29 heavy (non-hydrogen) atoms. The van der Waals surface area contributed by atoms with Gasteiger partial charge in [-0.2, -0.15) is 10.4 Å². The summed E-state index contributed by atoms with van der Waals surface area (Å²) in [7, 11) is 0. The van der Waals surface area contributed by atoms with E-state index >= 15 is 0 Å². The van der Waals surface area contributed by atoms with E-state index in [2.05, 4.69) is 31.4 Å². The van der Waals surface area contributed by atoms with Crippen LogP contribution in [0.1, 0.15) is 48.3 Å². The molecule has 0 unspecified atom stereocenters. The normalized spacial score (nSPS) is 14.2. The zero-order valence-corrected chi connectivity index (χ0v) is 16.3. The molecule has 8 heteroatoms. The molecule has 3 aromatic heterocycles. The lowest BCUT2D eigenvalue weighted by Crippen LogP contribution is -2.07. The summed E-state index contributed by atoms with van der Waals surface area (Å²) < 4.78 is 1.96. The number of carbonyl (C=O) groups excluding carboxylic acids is 1. The molecule has 1 aliphatic rings. The van der Waals surface area contributed by atoms with Crippen molar-refractivity contribution in [3.63, 3.8) is 0 Å². The Morgan fingerprint density at radius 3 is 2.83 bits per heavy atom. The average molecular weight is 387 g/mol. The Bertz CT molecular complexity index is 1080. The number of anilines is 2. The molecule has 3 aromatic rings. The first-order chi connectivity index (χ1) is 14.0. The van der Waals surface area contributed by atoms with Crippen molar-refractivity contribution < 1.29 is 4.79 Å². The third-order valence-electron chi connectivity index (χ3n) is 4.78. The topological polar surface area (TPSA) is 109 Å². The number of rotatable bonds is 7. The molecule has 3 heterocycles. The van der Waals surface area contributed by atoms with Gasteiger partial charge in [-0.25, -0.2) is 9.97 Å². The Morgan fingerprint density at radius 2 is 2.14 bits per heavy atom. The van der Waals surface area contributed by atoms with E-state index in [0.717, 1.165) is 22.5 Å². The van der Waals surface area contributed by atoms with Crippen molar-refractivity contribution >= 4 is 17.4 Å². The van der Waals surface area contributed by atoms with Gasteiger partial charge in [-0.15, -0.1) is 0 Å². The summed E-state index contributed by atoms with van der Waals surface area (Å²) >= 11 is 0. The lowest BCUT2D eigenvalue weighted by atomic mass is 10.0. The molecule has 0 saturated heterocycles. The molecule has 0 bridgehead atoms. The van der Waals surface area contributed by atoms with E-state index in [1.54, 1.807) is 31.6 Å². The van der Waals surface area contributed by atoms with Crippen LogP contribution in [0.3, 0.4) is 0 Å². The van der Waals surface area contributed by atoms with Crippen LogP contribution in [0.2, 0.25) is 0 Å². The molecular formula is C21H21N7O. The number of aryl methyl sites for hydroxylation is 1. The van der Waals surface area contributed by atoms with Crippen molar-refractivity contribution in [1.82, 2.24) is 24.7 Å². The Hall–Kier alpha value is -3.60. The number of nitrogens with one attached hydrogen (secondary N) is 1. The highest BCUT2D eigenvalue weighted by Crippen LogP contribution is 2.34. The largest absolute Gasteiger partial charge is 0.321 e. The van der Waals surface area contributed by atoms with Crippen molar-refractivity contribution in [2.45, 2.75) is 39.2 Å². The van der Waals surface area contributed by atoms with E-state index in [4.69, 9.17) is 5.26 Å². The SMILES string of the molecule is Cc1cnc(Nc2cnn(C3CC3)c2)nc1-c1ccc(C(=O)C[C@@H](C)C#N)nc1. The number of hydrogen-bond donors (Lipinski definition) is 1. The maximum atomic E-state index is 12.2. The molecule has 0 radical (unpaired) electrons. The fourth-order valence-electron chi connectivity index (χ4n) is 2.99. The van der Waals surface area contributed by atoms with Crippen LogP contribution in [0.15, 0.2) is 36.9 Å². The first kappa shape index (κ1) is 18.7. The van der Waals surface area contributed by atoms with Crippen molar-refractivity contribution in [2.24, 2.45) is 5.92 Å². The molecule has 0 aromatic carbocycles. The van der Waals surface area contributed by atoms with E-state index in [0.29, 0.717) is 17.7 Å². The van der Waals surface area contributed by atoms with Crippen molar-refractivity contribution in [3.05, 3.63) is 48.2 Å². The highest BCUT2D eigenvalue weighted by molar-refractivity contribution is 5.94. The highest BCUT2D eigenvalue weighted by atomic mass is 16.1. The van der Waals surface area contributed by atoms with Crippen LogP contribution in [-0.2, 0) is 0 Å². The van der Waals surface area contributed by atoms with Gasteiger partial charge in [0.25, 0.3) is 0 Å². The van der Waals surface area contributed by atoms with E-state index in [9.17, 15) is 4.79 Å². The van der Waals surface area contributed by atoms with Gasteiger partial charge in [0.15, 0.2) is 5.78 Å². The lowest BCUT2D eigenvalue weighted by Gasteiger charge is -2.09. The van der Waals surface area contributed by atoms with Gasteiger partial charge in [0.2, 0.25) is 5.95 Å². The summed E-state index contributed by atoms with van der Waals surface area (Å²) in [6.45, 7) is 3.65. The molecule has 146 valence electrons. The van der Waals surface area contributed by atoms with Gasteiger partial charge in [0, 0.05) is 30.6 Å². The second kappa shape index (κ2) is 7.80. The van der Waals surface area contributed by atoms with E-state index in [1.807, 2.05) is 23.9 Å². The van der Waals surface area contributed by atoms with Crippen LogP contribution in [-0.4, -0.2) is 30.5 Å². The number of nitriles is 1. The summed E-state index contributed by atoms with van der Waals surface area (Å²) in [4.78, 5) is 25.4. The molecule has 0 aliphatic heterocycles. The Labute approximate surface area is 168 Å². The van der Waals surface area contributed by atoms with Crippen molar-refractivity contribution in [1.29, 1.82) is 5.26 Å². The molecule has 0 amide bonds. The van der Waals surface area contributed by atoms with Crippen molar-refractivity contribution in [2.75, 3.05) is 5.32 Å². The first-order valence-corrected chi connectivity index (χ1v) is 9.57.